The molecule has 3 heterocycles. The molecule has 1 fully saturated rings. The lowest BCUT2D eigenvalue weighted by molar-refractivity contribution is -0.0511. The van der Waals surface area contributed by atoms with Gasteiger partial charge in [-0.3, -0.25) is 4.57 Å². The Balaban J connectivity index is 2.07. The molecule has 1 aliphatic heterocycles. The van der Waals surface area contributed by atoms with Gasteiger partial charge in [-0.25, -0.2) is 4.98 Å². The zero-order chi connectivity index (χ0) is 14.4. The van der Waals surface area contributed by atoms with Crippen LogP contribution in [0.15, 0.2) is 6.33 Å². The number of hydrogen-bond donors (Lipinski definition) is 4. The molecule has 1 aliphatic rings. The predicted octanol–water partition coefficient (Wildman–Crippen LogP) is -1.33. The lowest BCUT2D eigenvalue weighted by atomic mass is 10.1. The zero-order valence-electron chi connectivity index (χ0n) is 10.1. The van der Waals surface area contributed by atoms with E-state index in [9.17, 15) is 10.2 Å². The molecule has 0 spiro atoms. The van der Waals surface area contributed by atoms with Gasteiger partial charge in [0.25, 0.3) is 0 Å². The lowest BCUT2D eigenvalue weighted by Crippen LogP contribution is -2.33. The fraction of sp³-hybridized carbons (Fsp3) is 0.500. The highest BCUT2D eigenvalue weighted by Gasteiger charge is 2.44. The third kappa shape index (κ3) is 1.91. The zero-order valence-corrected chi connectivity index (χ0v) is 10.8. The SMILES string of the molecule is Nc1nc(Cl)c2ncn([C@H]3O[C@@H](CO)[C@@H](O)[C@@H]3O)c2n1. The van der Waals surface area contributed by atoms with Gasteiger partial charge in [0.05, 0.1) is 12.9 Å². The number of anilines is 1. The van der Waals surface area contributed by atoms with Crippen molar-refractivity contribution >= 4 is 28.7 Å². The van der Waals surface area contributed by atoms with Gasteiger partial charge in [-0.15, -0.1) is 0 Å². The van der Waals surface area contributed by atoms with Crippen LogP contribution < -0.4 is 5.73 Å². The number of fused-ring (bicyclic) bond motifs is 1. The van der Waals surface area contributed by atoms with E-state index < -0.39 is 31.1 Å². The Hall–Kier alpha value is -1.52. The number of nitrogen functional groups attached to an aromatic ring is 1. The number of imidazole rings is 1. The summed E-state index contributed by atoms with van der Waals surface area (Å²) in [5, 5.41) is 28.9. The summed E-state index contributed by atoms with van der Waals surface area (Å²) in [6, 6.07) is 0. The van der Waals surface area contributed by atoms with Crippen LogP contribution in [-0.2, 0) is 4.74 Å². The molecule has 108 valence electrons. The monoisotopic (exact) mass is 301 g/mol. The molecular formula is C10H12ClN5O4. The number of aromatic nitrogens is 4. The average molecular weight is 302 g/mol. The van der Waals surface area contributed by atoms with Gasteiger partial charge in [0.2, 0.25) is 5.95 Å². The second kappa shape index (κ2) is 4.79. The van der Waals surface area contributed by atoms with E-state index in [2.05, 4.69) is 15.0 Å². The molecule has 0 amide bonds. The van der Waals surface area contributed by atoms with Crippen molar-refractivity contribution in [2.45, 2.75) is 24.5 Å². The molecule has 5 N–H and O–H groups in total. The summed E-state index contributed by atoms with van der Waals surface area (Å²) in [6.07, 6.45) is -2.93. The number of halogens is 1. The van der Waals surface area contributed by atoms with E-state index >= 15 is 0 Å². The van der Waals surface area contributed by atoms with Crippen molar-refractivity contribution in [1.29, 1.82) is 0 Å². The van der Waals surface area contributed by atoms with Crippen LogP contribution in [-0.4, -0.2) is 59.8 Å². The number of aliphatic hydroxyl groups excluding tert-OH is 3. The van der Waals surface area contributed by atoms with Crippen LogP contribution in [0.25, 0.3) is 11.2 Å². The Morgan fingerprint density at radius 3 is 2.75 bits per heavy atom. The number of aliphatic hydroxyl groups is 3. The third-order valence-electron chi connectivity index (χ3n) is 3.19. The first-order valence-electron chi connectivity index (χ1n) is 5.81. The van der Waals surface area contributed by atoms with Gasteiger partial charge in [0, 0.05) is 0 Å². The Morgan fingerprint density at radius 1 is 1.35 bits per heavy atom. The van der Waals surface area contributed by atoms with E-state index in [1.54, 1.807) is 0 Å². The Bertz CT molecular complexity index is 650. The number of ether oxygens (including phenoxy) is 1. The lowest BCUT2D eigenvalue weighted by Gasteiger charge is -2.16. The maximum absolute atomic E-state index is 9.99. The summed E-state index contributed by atoms with van der Waals surface area (Å²) in [4.78, 5) is 11.8. The quantitative estimate of drug-likeness (QED) is 0.500. The Kier molecular flexibility index (Phi) is 3.22. The average Bonchev–Trinajstić information content (AvgIpc) is 2.93. The second-order valence-electron chi connectivity index (χ2n) is 4.43. The first-order valence-corrected chi connectivity index (χ1v) is 6.18. The summed E-state index contributed by atoms with van der Waals surface area (Å²) < 4.78 is 6.79. The molecule has 0 aliphatic carbocycles. The highest BCUT2D eigenvalue weighted by Crippen LogP contribution is 2.32. The summed E-state index contributed by atoms with van der Waals surface area (Å²) in [5.41, 5.74) is 6.11. The molecule has 10 heteroatoms. The van der Waals surface area contributed by atoms with E-state index in [4.69, 9.17) is 27.2 Å². The highest BCUT2D eigenvalue weighted by molar-refractivity contribution is 6.33. The molecule has 0 bridgehead atoms. The number of nitrogens with zero attached hydrogens (tertiary/aromatic N) is 4. The van der Waals surface area contributed by atoms with Gasteiger partial charge in [0.15, 0.2) is 17.0 Å². The van der Waals surface area contributed by atoms with E-state index in [-0.39, 0.29) is 16.7 Å². The van der Waals surface area contributed by atoms with Crippen LogP contribution in [0.5, 0.6) is 0 Å². The Morgan fingerprint density at radius 2 is 2.10 bits per heavy atom. The molecule has 0 aromatic carbocycles. The molecule has 2 aromatic heterocycles. The van der Waals surface area contributed by atoms with E-state index in [1.165, 1.54) is 10.9 Å². The second-order valence-corrected chi connectivity index (χ2v) is 4.78. The van der Waals surface area contributed by atoms with Gasteiger partial charge in [-0.05, 0) is 0 Å². The third-order valence-corrected chi connectivity index (χ3v) is 3.45. The van der Waals surface area contributed by atoms with Gasteiger partial charge < -0.3 is 25.8 Å². The predicted molar refractivity (Wildman–Crippen MR) is 67.8 cm³/mol. The van der Waals surface area contributed by atoms with E-state index in [0.29, 0.717) is 5.52 Å². The molecular weight excluding hydrogens is 290 g/mol. The van der Waals surface area contributed by atoms with Crippen LogP contribution in [0.4, 0.5) is 5.95 Å². The maximum Gasteiger partial charge on any atom is 0.223 e. The molecule has 0 radical (unpaired) electrons. The van der Waals surface area contributed by atoms with Crippen molar-refractivity contribution in [3.05, 3.63) is 11.5 Å². The fourth-order valence-electron chi connectivity index (χ4n) is 2.19. The topological polar surface area (TPSA) is 140 Å². The van der Waals surface area contributed by atoms with Crippen LogP contribution in [0.3, 0.4) is 0 Å². The molecule has 0 saturated carbocycles. The van der Waals surface area contributed by atoms with Crippen LogP contribution in [0.2, 0.25) is 5.15 Å². The Labute approximate surface area is 117 Å². The minimum Gasteiger partial charge on any atom is -0.394 e. The first-order chi connectivity index (χ1) is 9.52. The van der Waals surface area contributed by atoms with Gasteiger partial charge in [-0.1, -0.05) is 11.6 Å². The molecule has 4 atom stereocenters. The fourth-order valence-corrected chi connectivity index (χ4v) is 2.41. The van der Waals surface area contributed by atoms with Crippen LogP contribution in [0, 0.1) is 0 Å². The number of hydrogen-bond acceptors (Lipinski definition) is 8. The summed E-state index contributed by atoms with van der Waals surface area (Å²) in [5.74, 6) is -0.0454. The number of nitrogens with two attached hydrogens (primary N) is 1. The van der Waals surface area contributed by atoms with Crippen LogP contribution in [0.1, 0.15) is 6.23 Å². The molecule has 9 nitrogen and oxygen atoms in total. The highest BCUT2D eigenvalue weighted by atomic mass is 35.5. The largest absolute Gasteiger partial charge is 0.394 e. The molecule has 0 unspecified atom stereocenters. The van der Waals surface area contributed by atoms with Crippen LogP contribution >= 0.6 is 11.6 Å². The van der Waals surface area contributed by atoms with E-state index in [1.807, 2.05) is 0 Å². The smallest absolute Gasteiger partial charge is 0.223 e. The van der Waals surface area contributed by atoms with Crippen molar-refractivity contribution in [2.24, 2.45) is 0 Å². The number of rotatable bonds is 2. The maximum atomic E-state index is 9.99. The summed E-state index contributed by atoms with van der Waals surface area (Å²) >= 11 is 5.90. The van der Waals surface area contributed by atoms with Gasteiger partial charge in [0.1, 0.15) is 23.8 Å². The van der Waals surface area contributed by atoms with Crippen molar-refractivity contribution in [3.63, 3.8) is 0 Å². The van der Waals surface area contributed by atoms with Gasteiger partial charge >= 0.3 is 0 Å². The van der Waals surface area contributed by atoms with E-state index in [0.717, 1.165) is 0 Å². The minimum atomic E-state index is -1.24. The van der Waals surface area contributed by atoms with Gasteiger partial charge in [-0.2, -0.15) is 9.97 Å². The van der Waals surface area contributed by atoms with Crippen molar-refractivity contribution in [1.82, 2.24) is 19.5 Å². The summed E-state index contributed by atoms with van der Waals surface area (Å²) in [6.45, 7) is -0.417. The standard InChI is InChI=1S/C10H12ClN5O4/c11-7-4-8(15-10(12)14-7)16(2-13-4)9-6(19)5(18)3(1-17)20-9/h2-3,5-6,9,17-19H,1H2,(H2,12,14,15)/t3-,5+,6-,9-/m0/s1. The van der Waals surface area contributed by atoms with Crippen molar-refractivity contribution in [2.75, 3.05) is 12.3 Å². The molecule has 20 heavy (non-hydrogen) atoms. The minimum absolute atomic E-state index is 0.0454. The summed E-state index contributed by atoms with van der Waals surface area (Å²) in [7, 11) is 0. The molecule has 2 aromatic rings. The van der Waals surface area contributed by atoms with Crippen molar-refractivity contribution < 1.29 is 20.1 Å². The normalized spacial score (nSPS) is 30.2. The first kappa shape index (κ1) is 13.5. The van der Waals surface area contributed by atoms with Crippen molar-refractivity contribution in [3.8, 4) is 0 Å². The molecule has 1 saturated heterocycles. The molecule has 3 rings (SSSR count).